The van der Waals surface area contributed by atoms with Crippen LogP contribution in [0.3, 0.4) is 0 Å². The van der Waals surface area contributed by atoms with Gasteiger partial charge in [0.1, 0.15) is 0 Å². The van der Waals surface area contributed by atoms with Gasteiger partial charge in [-0.2, -0.15) is 0 Å². The van der Waals surface area contributed by atoms with E-state index in [1.807, 2.05) is 54.8 Å². The summed E-state index contributed by atoms with van der Waals surface area (Å²) >= 11 is 1.68. The highest BCUT2D eigenvalue weighted by Gasteiger charge is 2.08. The van der Waals surface area contributed by atoms with Gasteiger partial charge >= 0.3 is 0 Å². The molecule has 1 nitrogen and oxygen atoms in total. The highest BCUT2D eigenvalue weighted by molar-refractivity contribution is 7.98. The Morgan fingerprint density at radius 2 is 1.47 bits per heavy atom. The minimum absolute atomic E-state index is 0.0932. The molecule has 0 aliphatic carbocycles. The molecule has 2 aromatic carbocycles. The van der Waals surface area contributed by atoms with Gasteiger partial charge in [0.15, 0.2) is 5.78 Å². The molecular weight excluding hydrogens is 252 g/mol. The van der Waals surface area contributed by atoms with Crippen LogP contribution in [0.1, 0.15) is 34.8 Å². The number of carbonyl (C=O) groups excluding carboxylic acids is 1. The van der Waals surface area contributed by atoms with Crippen molar-refractivity contribution in [2.75, 3.05) is 6.26 Å². The third-order valence-electron chi connectivity index (χ3n) is 3.11. The van der Waals surface area contributed by atoms with Gasteiger partial charge in [-0.1, -0.05) is 37.6 Å². The van der Waals surface area contributed by atoms with E-state index >= 15 is 0 Å². The van der Waals surface area contributed by atoms with Gasteiger partial charge in [0.25, 0.3) is 0 Å². The summed E-state index contributed by atoms with van der Waals surface area (Å²) in [4.78, 5) is 13.5. The fraction of sp³-hybridized carbons (Fsp3) is 0.235. The second-order valence-electron chi connectivity index (χ2n) is 4.50. The number of rotatable bonds is 5. The van der Waals surface area contributed by atoms with Gasteiger partial charge in [0, 0.05) is 16.0 Å². The van der Waals surface area contributed by atoms with Crippen LogP contribution in [0.2, 0.25) is 0 Å². The number of carbonyl (C=O) groups is 1. The molecule has 2 aromatic rings. The van der Waals surface area contributed by atoms with Gasteiger partial charge in [-0.3, -0.25) is 4.79 Å². The Balaban J connectivity index is 2.18. The summed E-state index contributed by atoms with van der Waals surface area (Å²) in [6.45, 7) is 2.16. The largest absolute Gasteiger partial charge is 0.289 e. The fourth-order valence-electron chi connectivity index (χ4n) is 2.02. The number of hydrogen-bond donors (Lipinski definition) is 0. The maximum Gasteiger partial charge on any atom is 0.193 e. The zero-order valence-electron chi connectivity index (χ0n) is 11.3. The Kier molecular flexibility index (Phi) is 4.80. The summed E-state index contributed by atoms with van der Waals surface area (Å²) in [6, 6.07) is 15.7. The van der Waals surface area contributed by atoms with Crippen LogP contribution in [0, 0.1) is 0 Å². The molecule has 2 rings (SSSR count). The smallest absolute Gasteiger partial charge is 0.193 e. The van der Waals surface area contributed by atoms with Crippen LogP contribution in [-0.2, 0) is 6.42 Å². The van der Waals surface area contributed by atoms with Gasteiger partial charge in [-0.05, 0) is 42.5 Å². The molecule has 98 valence electrons. The lowest BCUT2D eigenvalue weighted by atomic mass is 10.0. The Morgan fingerprint density at radius 3 is 1.95 bits per heavy atom. The molecule has 0 atom stereocenters. The van der Waals surface area contributed by atoms with Crippen LogP contribution in [0.4, 0.5) is 0 Å². The molecule has 2 heteroatoms. The van der Waals surface area contributed by atoms with E-state index in [0.29, 0.717) is 0 Å². The SMILES string of the molecule is CCCc1ccc(C(=O)c2ccc(SC)cc2)cc1. The molecule has 0 aliphatic rings. The zero-order chi connectivity index (χ0) is 13.7. The van der Waals surface area contributed by atoms with E-state index in [-0.39, 0.29) is 5.78 Å². The quantitative estimate of drug-likeness (QED) is 0.584. The molecule has 0 fully saturated rings. The normalized spacial score (nSPS) is 10.4. The molecule has 19 heavy (non-hydrogen) atoms. The number of benzene rings is 2. The zero-order valence-corrected chi connectivity index (χ0v) is 12.2. The molecule has 0 amide bonds. The summed E-state index contributed by atoms with van der Waals surface area (Å²) in [7, 11) is 0. The van der Waals surface area contributed by atoms with Crippen LogP contribution in [0.25, 0.3) is 0 Å². The van der Waals surface area contributed by atoms with Crippen molar-refractivity contribution in [3.05, 3.63) is 65.2 Å². The minimum Gasteiger partial charge on any atom is -0.289 e. The molecule has 0 spiro atoms. The highest BCUT2D eigenvalue weighted by Crippen LogP contribution is 2.17. The third-order valence-corrected chi connectivity index (χ3v) is 3.85. The lowest BCUT2D eigenvalue weighted by molar-refractivity contribution is 0.103. The number of aryl methyl sites for hydroxylation is 1. The topological polar surface area (TPSA) is 17.1 Å². The maximum absolute atomic E-state index is 12.3. The van der Waals surface area contributed by atoms with E-state index in [4.69, 9.17) is 0 Å². The van der Waals surface area contributed by atoms with Gasteiger partial charge in [0.2, 0.25) is 0 Å². The van der Waals surface area contributed by atoms with Crippen molar-refractivity contribution < 1.29 is 4.79 Å². The minimum atomic E-state index is 0.0932. The second kappa shape index (κ2) is 6.58. The first-order valence-electron chi connectivity index (χ1n) is 6.52. The summed E-state index contributed by atoms with van der Waals surface area (Å²) in [5.41, 5.74) is 2.80. The highest BCUT2D eigenvalue weighted by atomic mass is 32.2. The average Bonchev–Trinajstić information content (AvgIpc) is 2.48. The van der Waals surface area contributed by atoms with Crippen molar-refractivity contribution in [1.82, 2.24) is 0 Å². The van der Waals surface area contributed by atoms with E-state index in [0.717, 1.165) is 24.0 Å². The number of thioether (sulfide) groups is 1. The Bertz CT molecular complexity index is 540. The van der Waals surface area contributed by atoms with E-state index < -0.39 is 0 Å². The van der Waals surface area contributed by atoms with Crippen LogP contribution >= 0.6 is 11.8 Å². The summed E-state index contributed by atoms with van der Waals surface area (Å²) in [5.74, 6) is 0.0932. The van der Waals surface area contributed by atoms with Crippen molar-refractivity contribution in [3.8, 4) is 0 Å². The number of ketones is 1. The van der Waals surface area contributed by atoms with Crippen molar-refractivity contribution in [3.63, 3.8) is 0 Å². The first-order valence-corrected chi connectivity index (χ1v) is 7.74. The van der Waals surface area contributed by atoms with Crippen molar-refractivity contribution in [2.45, 2.75) is 24.7 Å². The molecule has 0 aromatic heterocycles. The van der Waals surface area contributed by atoms with Crippen molar-refractivity contribution in [1.29, 1.82) is 0 Å². The lowest BCUT2D eigenvalue weighted by Crippen LogP contribution is -2.01. The van der Waals surface area contributed by atoms with Crippen molar-refractivity contribution in [2.24, 2.45) is 0 Å². The molecule has 0 N–H and O–H groups in total. The van der Waals surface area contributed by atoms with Crippen LogP contribution < -0.4 is 0 Å². The Hall–Kier alpha value is -1.54. The van der Waals surface area contributed by atoms with E-state index in [2.05, 4.69) is 6.92 Å². The molecule has 0 saturated carbocycles. The molecule has 0 bridgehead atoms. The van der Waals surface area contributed by atoms with E-state index in [1.165, 1.54) is 10.5 Å². The summed E-state index contributed by atoms with van der Waals surface area (Å²) < 4.78 is 0. The standard InChI is InChI=1S/C17H18OS/c1-3-4-13-5-7-14(8-6-13)17(18)15-9-11-16(19-2)12-10-15/h5-12H,3-4H2,1-2H3. The molecule has 0 unspecified atom stereocenters. The van der Waals surface area contributed by atoms with E-state index in [1.54, 1.807) is 11.8 Å². The Labute approximate surface area is 119 Å². The van der Waals surface area contributed by atoms with Gasteiger partial charge in [0.05, 0.1) is 0 Å². The van der Waals surface area contributed by atoms with Crippen LogP contribution in [-0.4, -0.2) is 12.0 Å². The third kappa shape index (κ3) is 3.48. The first-order chi connectivity index (χ1) is 9.24. The van der Waals surface area contributed by atoms with Gasteiger partial charge in [-0.15, -0.1) is 11.8 Å². The second-order valence-corrected chi connectivity index (χ2v) is 5.38. The molecular formula is C17H18OS. The average molecular weight is 270 g/mol. The van der Waals surface area contributed by atoms with Crippen LogP contribution in [0.15, 0.2) is 53.4 Å². The predicted molar refractivity (Wildman–Crippen MR) is 82.1 cm³/mol. The summed E-state index contributed by atoms with van der Waals surface area (Å²) in [5, 5.41) is 0. The maximum atomic E-state index is 12.3. The van der Waals surface area contributed by atoms with Gasteiger partial charge in [-0.25, -0.2) is 0 Å². The monoisotopic (exact) mass is 270 g/mol. The molecule has 0 saturated heterocycles. The predicted octanol–water partition coefficient (Wildman–Crippen LogP) is 4.59. The van der Waals surface area contributed by atoms with E-state index in [9.17, 15) is 4.79 Å². The number of hydrogen-bond acceptors (Lipinski definition) is 2. The summed E-state index contributed by atoms with van der Waals surface area (Å²) in [6.07, 6.45) is 4.23. The molecule has 0 aliphatic heterocycles. The van der Waals surface area contributed by atoms with Crippen LogP contribution in [0.5, 0.6) is 0 Å². The first kappa shape index (κ1) is 13.9. The molecule has 0 radical (unpaired) electrons. The van der Waals surface area contributed by atoms with Crippen molar-refractivity contribution >= 4 is 17.5 Å². The Morgan fingerprint density at radius 1 is 0.947 bits per heavy atom. The molecule has 0 heterocycles. The lowest BCUT2D eigenvalue weighted by Gasteiger charge is -2.04. The fourth-order valence-corrected chi connectivity index (χ4v) is 2.43. The van der Waals surface area contributed by atoms with Gasteiger partial charge < -0.3 is 0 Å².